The van der Waals surface area contributed by atoms with Crippen molar-refractivity contribution < 1.29 is 19.1 Å². The number of nitriles is 1. The highest BCUT2D eigenvalue weighted by molar-refractivity contribution is 5.66. The van der Waals surface area contributed by atoms with Gasteiger partial charge in [-0.2, -0.15) is 5.26 Å². The van der Waals surface area contributed by atoms with Gasteiger partial charge in [-0.1, -0.05) is 26.0 Å². The van der Waals surface area contributed by atoms with Gasteiger partial charge in [0.15, 0.2) is 0 Å². The molecule has 0 aromatic heterocycles. The fraction of sp³-hybridized carbons (Fsp3) is 0.800. The molecule has 0 radical (unpaired) electrons. The number of carbonyl (C=O) groups is 2. The molecule has 166 valence electrons. The molecule has 0 spiro atoms. The predicted octanol–water partition coefficient (Wildman–Crippen LogP) is 5.34. The van der Waals surface area contributed by atoms with Gasteiger partial charge in [0.1, 0.15) is 12.2 Å². The molecule has 5 nitrogen and oxygen atoms in total. The normalized spacial score (nSPS) is 40.9. The van der Waals surface area contributed by atoms with Gasteiger partial charge >= 0.3 is 11.9 Å². The Kier molecular flexibility index (Phi) is 6.65. The summed E-state index contributed by atoms with van der Waals surface area (Å²) in [6.07, 6.45) is 7.76. The number of hydrogen-bond acceptors (Lipinski definition) is 5. The Hall–Kier alpha value is -1.83. The van der Waals surface area contributed by atoms with Gasteiger partial charge in [-0.15, -0.1) is 0 Å². The lowest BCUT2D eigenvalue weighted by atomic mass is 9.51. The quantitative estimate of drug-likeness (QED) is 0.447. The molecule has 0 heterocycles. The van der Waals surface area contributed by atoms with Gasteiger partial charge in [0, 0.05) is 32.1 Å². The van der Waals surface area contributed by atoms with Gasteiger partial charge in [0.25, 0.3) is 0 Å². The predicted molar refractivity (Wildman–Crippen MR) is 114 cm³/mol. The summed E-state index contributed by atoms with van der Waals surface area (Å²) in [5.74, 6) is 0.391. The number of esters is 2. The van der Waals surface area contributed by atoms with Crippen molar-refractivity contribution in [3.05, 3.63) is 12.2 Å². The van der Waals surface area contributed by atoms with Crippen LogP contribution in [0.5, 0.6) is 0 Å². The Balaban J connectivity index is 1.91. The second-order valence-electron chi connectivity index (χ2n) is 10.3. The summed E-state index contributed by atoms with van der Waals surface area (Å²) in [4.78, 5) is 23.6. The maximum atomic E-state index is 12.1. The summed E-state index contributed by atoms with van der Waals surface area (Å²) in [5, 5.41) is 9.23. The van der Waals surface area contributed by atoms with Crippen LogP contribution in [0.3, 0.4) is 0 Å². The minimum Gasteiger partial charge on any atom is -0.463 e. The zero-order chi connectivity index (χ0) is 22.1. The fourth-order valence-electron chi connectivity index (χ4n) is 6.94. The zero-order valence-corrected chi connectivity index (χ0v) is 19.0. The lowest BCUT2D eigenvalue weighted by Crippen LogP contribution is -2.54. The molecule has 0 aromatic carbocycles. The molecule has 0 N–H and O–H groups in total. The molecule has 3 aliphatic carbocycles. The summed E-state index contributed by atoms with van der Waals surface area (Å²) >= 11 is 0. The highest BCUT2D eigenvalue weighted by Crippen LogP contribution is 2.62. The molecule has 3 fully saturated rings. The van der Waals surface area contributed by atoms with Crippen LogP contribution in [-0.2, 0) is 19.1 Å². The molecular formula is C25H37NO4. The number of nitrogens with zero attached hydrogens (tertiary/aromatic N) is 1. The Labute approximate surface area is 181 Å². The van der Waals surface area contributed by atoms with Crippen LogP contribution in [-0.4, -0.2) is 24.1 Å². The molecule has 30 heavy (non-hydrogen) atoms. The molecule has 0 saturated heterocycles. The van der Waals surface area contributed by atoms with E-state index in [9.17, 15) is 14.9 Å². The smallest absolute Gasteiger partial charge is 0.302 e. The molecule has 7 unspecified atom stereocenters. The standard InChI is InChI=1S/C25H37NO4/c1-16-8-9-21-23(30-18(3)28)22(11-13-24(16,21)4)25(5)12-10-20(29-17(2)27)15-19(25)7-6-14-26/h19-23H,1,6-13,15H2,2-5H3. The number of hydrogen-bond donors (Lipinski definition) is 0. The molecule has 0 amide bonds. The third kappa shape index (κ3) is 4.15. The first-order chi connectivity index (χ1) is 14.1. The second kappa shape index (κ2) is 8.73. The minimum atomic E-state index is -0.238. The number of carbonyl (C=O) groups excluding carboxylic acids is 2. The van der Waals surface area contributed by atoms with Gasteiger partial charge < -0.3 is 9.47 Å². The summed E-state index contributed by atoms with van der Waals surface area (Å²) in [6, 6.07) is 2.30. The van der Waals surface area contributed by atoms with Crippen LogP contribution in [0.4, 0.5) is 0 Å². The van der Waals surface area contributed by atoms with Crippen LogP contribution in [0.15, 0.2) is 12.2 Å². The van der Waals surface area contributed by atoms with Crippen LogP contribution >= 0.6 is 0 Å². The van der Waals surface area contributed by atoms with E-state index in [0.29, 0.717) is 12.3 Å². The average molecular weight is 416 g/mol. The van der Waals surface area contributed by atoms with Crippen molar-refractivity contribution >= 4 is 11.9 Å². The maximum absolute atomic E-state index is 12.1. The van der Waals surface area contributed by atoms with Gasteiger partial charge in [0.05, 0.1) is 6.07 Å². The van der Waals surface area contributed by atoms with Crippen molar-refractivity contribution in [1.82, 2.24) is 0 Å². The van der Waals surface area contributed by atoms with Crippen LogP contribution in [0, 0.1) is 39.9 Å². The highest BCUT2D eigenvalue weighted by atomic mass is 16.5. The number of rotatable bonds is 5. The zero-order valence-electron chi connectivity index (χ0n) is 19.0. The average Bonchev–Trinajstić information content (AvgIpc) is 2.97. The molecule has 3 saturated carbocycles. The SMILES string of the molecule is C=C1CCC2C(OC(C)=O)C(C3(C)CCC(OC(C)=O)CC3CCC#N)CCC12C. The van der Waals surface area contributed by atoms with Crippen LogP contribution in [0.1, 0.15) is 85.5 Å². The first-order valence-electron chi connectivity index (χ1n) is 11.5. The van der Waals surface area contributed by atoms with Crippen molar-refractivity contribution in [3.63, 3.8) is 0 Å². The first-order valence-corrected chi connectivity index (χ1v) is 11.5. The van der Waals surface area contributed by atoms with E-state index in [0.717, 1.165) is 51.4 Å². The third-order valence-corrected chi connectivity index (χ3v) is 8.72. The largest absolute Gasteiger partial charge is 0.463 e. The summed E-state index contributed by atoms with van der Waals surface area (Å²) in [5.41, 5.74) is 1.30. The van der Waals surface area contributed by atoms with Crippen molar-refractivity contribution in [2.45, 2.75) is 97.7 Å². The van der Waals surface area contributed by atoms with Crippen molar-refractivity contribution in [2.24, 2.45) is 28.6 Å². The van der Waals surface area contributed by atoms with E-state index < -0.39 is 0 Å². The Morgan fingerprint density at radius 3 is 2.43 bits per heavy atom. The van der Waals surface area contributed by atoms with Crippen LogP contribution < -0.4 is 0 Å². The Morgan fingerprint density at radius 1 is 1.10 bits per heavy atom. The highest BCUT2D eigenvalue weighted by Gasteiger charge is 2.58. The molecule has 0 aliphatic heterocycles. The van der Waals surface area contributed by atoms with Crippen molar-refractivity contribution in [1.29, 1.82) is 5.26 Å². The first kappa shape index (κ1) is 22.8. The molecule has 3 aliphatic rings. The lowest BCUT2D eigenvalue weighted by molar-refractivity contribution is -0.176. The van der Waals surface area contributed by atoms with E-state index in [1.165, 1.54) is 19.4 Å². The molecule has 7 atom stereocenters. The van der Waals surface area contributed by atoms with E-state index >= 15 is 0 Å². The molecule has 3 rings (SSSR count). The number of fused-ring (bicyclic) bond motifs is 1. The van der Waals surface area contributed by atoms with Gasteiger partial charge in [0.2, 0.25) is 0 Å². The van der Waals surface area contributed by atoms with Crippen molar-refractivity contribution in [2.75, 3.05) is 0 Å². The fourth-order valence-corrected chi connectivity index (χ4v) is 6.94. The number of allylic oxidation sites excluding steroid dienone is 1. The van der Waals surface area contributed by atoms with Gasteiger partial charge in [-0.05, 0) is 68.1 Å². The van der Waals surface area contributed by atoms with E-state index in [1.807, 2.05) is 0 Å². The summed E-state index contributed by atoms with van der Waals surface area (Å²) in [7, 11) is 0. The third-order valence-electron chi connectivity index (χ3n) is 8.72. The van der Waals surface area contributed by atoms with E-state index in [4.69, 9.17) is 9.47 Å². The van der Waals surface area contributed by atoms with E-state index in [-0.39, 0.29) is 46.8 Å². The second-order valence-corrected chi connectivity index (χ2v) is 10.3. The van der Waals surface area contributed by atoms with E-state index in [2.05, 4.69) is 26.5 Å². The summed E-state index contributed by atoms with van der Waals surface area (Å²) < 4.78 is 11.6. The molecular weight excluding hydrogens is 378 g/mol. The minimum absolute atomic E-state index is 0.0428. The topological polar surface area (TPSA) is 76.4 Å². The van der Waals surface area contributed by atoms with Crippen LogP contribution in [0.25, 0.3) is 0 Å². The Morgan fingerprint density at radius 2 is 1.80 bits per heavy atom. The van der Waals surface area contributed by atoms with Gasteiger partial charge in [-0.25, -0.2) is 0 Å². The molecule has 0 bridgehead atoms. The summed E-state index contributed by atoms with van der Waals surface area (Å²) in [6.45, 7) is 11.9. The monoisotopic (exact) mass is 415 g/mol. The van der Waals surface area contributed by atoms with Crippen LogP contribution in [0.2, 0.25) is 0 Å². The van der Waals surface area contributed by atoms with Crippen molar-refractivity contribution in [3.8, 4) is 6.07 Å². The number of ether oxygens (including phenoxy) is 2. The maximum Gasteiger partial charge on any atom is 0.302 e. The Bertz CT molecular complexity index is 740. The van der Waals surface area contributed by atoms with Gasteiger partial charge in [-0.3, -0.25) is 9.59 Å². The lowest BCUT2D eigenvalue weighted by Gasteiger charge is -2.56. The molecule has 5 heteroatoms. The molecule has 0 aromatic rings. The van der Waals surface area contributed by atoms with E-state index in [1.54, 1.807) is 0 Å².